The van der Waals surface area contributed by atoms with E-state index in [1.807, 2.05) is 11.3 Å². The zero-order valence-corrected chi connectivity index (χ0v) is 29.2. The Morgan fingerprint density at radius 1 is 0.308 bits per heavy atom. The van der Waals surface area contributed by atoms with Crippen LogP contribution in [-0.4, -0.2) is 0 Å². The van der Waals surface area contributed by atoms with Crippen molar-refractivity contribution in [2.75, 3.05) is 4.90 Å². The van der Waals surface area contributed by atoms with Gasteiger partial charge in [0.1, 0.15) is 0 Å². The van der Waals surface area contributed by atoms with Crippen molar-refractivity contribution in [2.24, 2.45) is 0 Å². The summed E-state index contributed by atoms with van der Waals surface area (Å²) < 4.78 is 2.60. The Labute approximate surface area is 307 Å². The smallest absolute Gasteiger partial charge is 0.0476 e. The molecule has 0 fully saturated rings. The number of rotatable bonds is 6. The van der Waals surface area contributed by atoms with Crippen LogP contribution in [0.2, 0.25) is 0 Å². The molecule has 0 aliphatic rings. The summed E-state index contributed by atoms with van der Waals surface area (Å²) in [5.41, 5.74) is 10.7. The third-order valence-corrected chi connectivity index (χ3v) is 11.4. The Hall–Kier alpha value is -6.48. The average molecular weight is 680 g/mol. The van der Waals surface area contributed by atoms with Gasteiger partial charge in [0.25, 0.3) is 0 Å². The molecule has 0 aliphatic heterocycles. The first kappa shape index (κ1) is 30.4. The molecule has 10 rings (SSSR count). The van der Waals surface area contributed by atoms with Gasteiger partial charge in [-0.2, -0.15) is 0 Å². The van der Waals surface area contributed by atoms with E-state index in [2.05, 4.69) is 205 Å². The van der Waals surface area contributed by atoms with E-state index in [9.17, 15) is 0 Å². The topological polar surface area (TPSA) is 3.24 Å². The summed E-state index contributed by atoms with van der Waals surface area (Å²) in [6.07, 6.45) is 0. The van der Waals surface area contributed by atoms with Crippen LogP contribution in [0, 0.1) is 0 Å². The Bertz CT molecular complexity index is 2880. The molecule has 244 valence electrons. The highest BCUT2D eigenvalue weighted by atomic mass is 32.1. The monoisotopic (exact) mass is 679 g/mol. The van der Waals surface area contributed by atoms with Gasteiger partial charge in [-0.25, -0.2) is 0 Å². The highest BCUT2D eigenvalue weighted by molar-refractivity contribution is 7.25. The van der Waals surface area contributed by atoms with Gasteiger partial charge in [-0.15, -0.1) is 11.3 Å². The van der Waals surface area contributed by atoms with E-state index in [-0.39, 0.29) is 0 Å². The predicted octanol–water partition coefficient (Wildman–Crippen LogP) is 14.8. The summed E-state index contributed by atoms with van der Waals surface area (Å²) in [5, 5.41) is 7.65. The maximum absolute atomic E-state index is 2.39. The SMILES string of the molecule is c1ccc(-c2c(-c3ccc(N(c4ccc(-c5cccc6ccccc56)cc4)c4ccc5c(c4)sc4ccccc45)cc3)ccc3ccccc23)cc1. The molecule has 0 bridgehead atoms. The number of nitrogens with zero attached hydrogens (tertiary/aromatic N) is 1. The molecule has 0 saturated heterocycles. The number of hydrogen-bond acceptors (Lipinski definition) is 2. The van der Waals surface area contributed by atoms with Crippen LogP contribution in [0.15, 0.2) is 200 Å². The van der Waals surface area contributed by atoms with Crippen LogP contribution in [0.1, 0.15) is 0 Å². The highest BCUT2D eigenvalue weighted by Gasteiger charge is 2.17. The van der Waals surface area contributed by atoms with Crippen molar-refractivity contribution in [3.8, 4) is 33.4 Å². The number of benzene rings is 9. The molecular weight excluding hydrogens is 647 g/mol. The second kappa shape index (κ2) is 12.7. The first-order chi connectivity index (χ1) is 25.8. The van der Waals surface area contributed by atoms with Crippen LogP contribution in [0.3, 0.4) is 0 Å². The fraction of sp³-hybridized carbons (Fsp3) is 0. The third kappa shape index (κ3) is 5.24. The molecule has 0 saturated carbocycles. The lowest BCUT2D eigenvalue weighted by atomic mass is 9.90. The van der Waals surface area contributed by atoms with Gasteiger partial charge < -0.3 is 4.90 Å². The minimum absolute atomic E-state index is 1.11. The van der Waals surface area contributed by atoms with Crippen LogP contribution in [-0.2, 0) is 0 Å². The quantitative estimate of drug-likeness (QED) is 0.169. The molecule has 0 atom stereocenters. The Morgan fingerprint density at radius 3 is 1.62 bits per heavy atom. The lowest BCUT2D eigenvalue weighted by molar-refractivity contribution is 1.29. The zero-order valence-electron chi connectivity index (χ0n) is 28.4. The van der Waals surface area contributed by atoms with Crippen LogP contribution in [0.4, 0.5) is 17.1 Å². The minimum Gasteiger partial charge on any atom is -0.310 e. The minimum atomic E-state index is 1.11. The van der Waals surface area contributed by atoms with Crippen molar-refractivity contribution in [2.45, 2.75) is 0 Å². The van der Waals surface area contributed by atoms with Gasteiger partial charge in [0.15, 0.2) is 0 Å². The fourth-order valence-electron chi connectivity index (χ4n) is 7.79. The molecule has 9 aromatic carbocycles. The van der Waals surface area contributed by atoms with Crippen molar-refractivity contribution in [3.05, 3.63) is 200 Å². The van der Waals surface area contributed by atoms with Gasteiger partial charge in [-0.1, -0.05) is 158 Å². The third-order valence-electron chi connectivity index (χ3n) is 10.3. The van der Waals surface area contributed by atoms with E-state index in [1.54, 1.807) is 0 Å². The van der Waals surface area contributed by atoms with Crippen molar-refractivity contribution in [1.82, 2.24) is 0 Å². The first-order valence-electron chi connectivity index (χ1n) is 17.8. The average Bonchev–Trinajstić information content (AvgIpc) is 3.59. The molecule has 0 radical (unpaired) electrons. The molecule has 10 aromatic rings. The van der Waals surface area contributed by atoms with Crippen molar-refractivity contribution in [3.63, 3.8) is 0 Å². The van der Waals surface area contributed by atoms with E-state index in [4.69, 9.17) is 0 Å². The summed E-state index contributed by atoms with van der Waals surface area (Å²) >= 11 is 1.86. The molecular formula is C50H33NS. The summed E-state index contributed by atoms with van der Waals surface area (Å²) in [5.74, 6) is 0. The van der Waals surface area contributed by atoms with Crippen LogP contribution in [0.5, 0.6) is 0 Å². The summed E-state index contributed by atoms with van der Waals surface area (Å²) in [6, 6.07) is 72.9. The molecule has 0 unspecified atom stereocenters. The van der Waals surface area contributed by atoms with Gasteiger partial charge >= 0.3 is 0 Å². The zero-order chi connectivity index (χ0) is 34.4. The molecule has 2 heteroatoms. The summed E-state index contributed by atoms with van der Waals surface area (Å²) in [7, 11) is 0. The number of hydrogen-bond donors (Lipinski definition) is 0. The Kier molecular flexibility index (Phi) is 7.41. The van der Waals surface area contributed by atoms with Gasteiger partial charge in [-0.3, -0.25) is 0 Å². The van der Waals surface area contributed by atoms with Crippen molar-refractivity contribution >= 4 is 70.1 Å². The van der Waals surface area contributed by atoms with Gasteiger partial charge in [0, 0.05) is 37.2 Å². The fourth-order valence-corrected chi connectivity index (χ4v) is 8.93. The maximum atomic E-state index is 2.39. The van der Waals surface area contributed by atoms with Crippen LogP contribution in [0.25, 0.3) is 75.1 Å². The van der Waals surface area contributed by atoms with Crippen LogP contribution < -0.4 is 4.90 Å². The Balaban J connectivity index is 1.10. The lowest BCUT2D eigenvalue weighted by Crippen LogP contribution is -2.09. The largest absolute Gasteiger partial charge is 0.310 e. The normalized spacial score (nSPS) is 11.5. The first-order valence-corrected chi connectivity index (χ1v) is 18.6. The van der Waals surface area contributed by atoms with E-state index < -0.39 is 0 Å². The molecule has 0 amide bonds. The summed E-state index contributed by atoms with van der Waals surface area (Å²) in [4.78, 5) is 2.39. The molecule has 1 nitrogen and oxygen atoms in total. The second-order valence-electron chi connectivity index (χ2n) is 13.3. The van der Waals surface area contributed by atoms with E-state index in [0.29, 0.717) is 0 Å². The highest BCUT2D eigenvalue weighted by Crippen LogP contribution is 2.43. The molecule has 52 heavy (non-hydrogen) atoms. The molecule has 0 N–H and O–H groups in total. The molecule has 1 heterocycles. The van der Waals surface area contributed by atoms with Crippen molar-refractivity contribution in [1.29, 1.82) is 0 Å². The van der Waals surface area contributed by atoms with Crippen molar-refractivity contribution < 1.29 is 0 Å². The maximum Gasteiger partial charge on any atom is 0.0476 e. The lowest BCUT2D eigenvalue weighted by Gasteiger charge is -2.26. The van der Waals surface area contributed by atoms with E-state index in [0.717, 1.165) is 17.1 Å². The molecule has 0 spiro atoms. The standard InChI is InChI=1S/C50H33NS/c1-2-13-38(14-3-1)50-44-17-7-5-12-35(44)25-31-45(50)37-23-28-40(29-24-37)51(41-30-32-47-46-18-8-9-20-48(46)52-49(47)33-41)39-26-21-36(22-27-39)43-19-10-15-34-11-4-6-16-42(34)43/h1-33H. The van der Waals surface area contributed by atoms with E-state index in [1.165, 1.54) is 75.1 Å². The Morgan fingerprint density at radius 2 is 0.865 bits per heavy atom. The second-order valence-corrected chi connectivity index (χ2v) is 14.4. The molecule has 0 aliphatic carbocycles. The van der Waals surface area contributed by atoms with E-state index >= 15 is 0 Å². The number of anilines is 3. The van der Waals surface area contributed by atoms with Gasteiger partial charge in [-0.05, 0) is 97.4 Å². The van der Waals surface area contributed by atoms with Gasteiger partial charge in [0.05, 0.1) is 0 Å². The number of fused-ring (bicyclic) bond motifs is 5. The molecule has 1 aromatic heterocycles. The van der Waals surface area contributed by atoms with Gasteiger partial charge in [0.2, 0.25) is 0 Å². The van der Waals surface area contributed by atoms with Crippen LogP contribution >= 0.6 is 11.3 Å². The number of thiophene rings is 1. The predicted molar refractivity (Wildman–Crippen MR) is 225 cm³/mol. The summed E-state index contributed by atoms with van der Waals surface area (Å²) in [6.45, 7) is 0.